The zero-order chi connectivity index (χ0) is 14.4. The first-order valence-electron chi connectivity index (χ1n) is 4.29. The monoisotopic (exact) mass is 279 g/mol. The van der Waals surface area contributed by atoms with E-state index in [1.807, 2.05) is 0 Å². The highest BCUT2D eigenvalue weighted by Crippen LogP contribution is 2.53. The highest BCUT2D eigenvalue weighted by Gasteiger charge is 2.73. The Morgan fingerprint density at radius 3 is 1.61 bits per heavy atom. The van der Waals surface area contributed by atoms with Crippen LogP contribution in [-0.4, -0.2) is 12.4 Å². The highest BCUT2D eigenvalue weighted by molar-refractivity contribution is 5.43. The molecule has 102 valence electrons. The Labute approximate surface area is 95.2 Å². The molecule has 0 saturated carbocycles. The van der Waals surface area contributed by atoms with E-state index in [0.717, 1.165) is 0 Å². The van der Waals surface area contributed by atoms with Crippen LogP contribution in [0.2, 0.25) is 0 Å². The van der Waals surface area contributed by atoms with Crippen LogP contribution in [-0.2, 0) is 5.67 Å². The topological polar surface area (TPSA) is 26.0 Å². The third-order valence-electron chi connectivity index (χ3n) is 2.18. The number of benzene rings is 1. The summed E-state index contributed by atoms with van der Waals surface area (Å²) >= 11 is 0. The lowest BCUT2D eigenvalue weighted by atomic mass is 9.94. The highest BCUT2D eigenvalue weighted by atomic mass is 19.4. The van der Waals surface area contributed by atoms with E-state index in [9.17, 15) is 35.1 Å². The van der Waals surface area contributed by atoms with Crippen LogP contribution in [0.4, 0.5) is 40.8 Å². The molecule has 0 atom stereocenters. The summed E-state index contributed by atoms with van der Waals surface area (Å²) < 4.78 is 99.9. The van der Waals surface area contributed by atoms with Gasteiger partial charge in [0.15, 0.2) is 0 Å². The van der Waals surface area contributed by atoms with Gasteiger partial charge in [0.05, 0.1) is 5.69 Å². The first-order valence-corrected chi connectivity index (χ1v) is 4.29. The van der Waals surface area contributed by atoms with Gasteiger partial charge in [-0.05, 0) is 12.1 Å². The van der Waals surface area contributed by atoms with Gasteiger partial charge in [-0.3, -0.25) is 0 Å². The van der Waals surface area contributed by atoms with Crippen LogP contribution in [0.3, 0.4) is 0 Å². The predicted molar refractivity (Wildman–Crippen MR) is 45.7 cm³/mol. The zero-order valence-corrected chi connectivity index (χ0v) is 8.33. The SMILES string of the molecule is Nc1ccc(C(F)(C(F)(F)F)C(F)(F)F)cc1F. The standard InChI is InChI=1S/C9H5F8N/c10-5-3-4(1-2-6(5)18)7(11,8(12,13)14)9(15,16)17/h1-3H,18H2. The summed E-state index contributed by atoms with van der Waals surface area (Å²) in [6, 6.07) is 0.339. The molecule has 0 bridgehead atoms. The van der Waals surface area contributed by atoms with Crippen LogP contribution in [0.25, 0.3) is 0 Å². The summed E-state index contributed by atoms with van der Waals surface area (Å²) in [5, 5.41) is 0. The van der Waals surface area contributed by atoms with Gasteiger partial charge < -0.3 is 5.73 Å². The fourth-order valence-electron chi connectivity index (χ4n) is 1.23. The van der Waals surface area contributed by atoms with Crippen molar-refractivity contribution < 1.29 is 35.1 Å². The van der Waals surface area contributed by atoms with Crippen molar-refractivity contribution >= 4 is 5.69 Å². The number of rotatable bonds is 1. The van der Waals surface area contributed by atoms with Gasteiger partial charge in [0.2, 0.25) is 0 Å². The minimum Gasteiger partial charge on any atom is -0.396 e. The molecule has 0 aliphatic heterocycles. The number of nitrogens with two attached hydrogens (primary N) is 1. The lowest BCUT2D eigenvalue weighted by Crippen LogP contribution is -2.50. The van der Waals surface area contributed by atoms with Crippen molar-refractivity contribution in [2.45, 2.75) is 18.0 Å². The van der Waals surface area contributed by atoms with Crippen molar-refractivity contribution in [2.24, 2.45) is 0 Å². The Morgan fingerprint density at radius 2 is 1.28 bits per heavy atom. The van der Waals surface area contributed by atoms with Crippen LogP contribution in [0.1, 0.15) is 5.56 Å². The molecular weight excluding hydrogens is 274 g/mol. The number of halogens is 8. The summed E-state index contributed by atoms with van der Waals surface area (Å²) in [7, 11) is 0. The Hall–Kier alpha value is -1.54. The van der Waals surface area contributed by atoms with Crippen molar-refractivity contribution in [3.63, 3.8) is 0 Å². The largest absolute Gasteiger partial charge is 0.435 e. The van der Waals surface area contributed by atoms with E-state index >= 15 is 0 Å². The third kappa shape index (κ3) is 2.08. The van der Waals surface area contributed by atoms with Crippen molar-refractivity contribution in [1.29, 1.82) is 0 Å². The number of hydrogen-bond donors (Lipinski definition) is 1. The molecule has 0 aliphatic carbocycles. The van der Waals surface area contributed by atoms with Gasteiger partial charge in [0.1, 0.15) is 5.82 Å². The van der Waals surface area contributed by atoms with Crippen molar-refractivity contribution in [3.05, 3.63) is 29.6 Å². The second-order valence-electron chi connectivity index (χ2n) is 3.39. The number of alkyl halides is 7. The minimum absolute atomic E-state index is 0.138. The van der Waals surface area contributed by atoms with Crippen LogP contribution in [0, 0.1) is 5.82 Å². The van der Waals surface area contributed by atoms with Gasteiger partial charge in [0.25, 0.3) is 0 Å². The lowest BCUT2D eigenvalue weighted by Gasteiger charge is -2.30. The second kappa shape index (κ2) is 3.99. The molecule has 2 N–H and O–H groups in total. The fraction of sp³-hybridized carbons (Fsp3) is 0.333. The van der Waals surface area contributed by atoms with Gasteiger partial charge in [-0.1, -0.05) is 6.07 Å². The van der Waals surface area contributed by atoms with Crippen LogP contribution >= 0.6 is 0 Å². The quantitative estimate of drug-likeness (QED) is 0.615. The maximum absolute atomic E-state index is 13.4. The van der Waals surface area contributed by atoms with Gasteiger partial charge in [0, 0.05) is 5.56 Å². The zero-order valence-electron chi connectivity index (χ0n) is 8.33. The minimum atomic E-state index is -6.27. The molecular formula is C9H5F8N. The van der Waals surface area contributed by atoms with E-state index < -0.39 is 35.1 Å². The Bertz CT molecular complexity index is 433. The molecule has 0 heterocycles. The van der Waals surface area contributed by atoms with Crippen LogP contribution in [0.15, 0.2) is 18.2 Å². The van der Waals surface area contributed by atoms with Gasteiger partial charge in [-0.25, -0.2) is 8.78 Å². The number of anilines is 1. The van der Waals surface area contributed by atoms with Gasteiger partial charge in [-0.15, -0.1) is 0 Å². The molecule has 1 nitrogen and oxygen atoms in total. The average molecular weight is 279 g/mol. The Kier molecular flexibility index (Phi) is 3.22. The molecule has 1 aromatic rings. The number of nitrogen functional groups attached to an aromatic ring is 1. The normalized spacial score (nSPS) is 13.8. The molecule has 0 aliphatic rings. The molecule has 0 amide bonds. The molecule has 0 unspecified atom stereocenters. The van der Waals surface area contributed by atoms with Crippen molar-refractivity contribution in [2.75, 3.05) is 5.73 Å². The van der Waals surface area contributed by atoms with Gasteiger partial charge in [-0.2, -0.15) is 26.3 Å². The molecule has 18 heavy (non-hydrogen) atoms. The fourth-order valence-corrected chi connectivity index (χ4v) is 1.23. The van der Waals surface area contributed by atoms with E-state index in [2.05, 4.69) is 0 Å². The molecule has 0 spiro atoms. The third-order valence-corrected chi connectivity index (χ3v) is 2.18. The Balaban J connectivity index is 3.51. The first kappa shape index (κ1) is 14.5. The molecule has 9 heteroatoms. The maximum Gasteiger partial charge on any atom is 0.435 e. The maximum atomic E-state index is 13.4. The smallest absolute Gasteiger partial charge is 0.396 e. The van der Waals surface area contributed by atoms with Crippen molar-refractivity contribution in [1.82, 2.24) is 0 Å². The molecule has 0 saturated heterocycles. The van der Waals surface area contributed by atoms with E-state index in [0.29, 0.717) is 6.07 Å². The lowest BCUT2D eigenvalue weighted by molar-refractivity contribution is -0.348. The van der Waals surface area contributed by atoms with Crippen LogP contribution < -0.4 is 5.73 Å². The molecule has 1 aromatic carbocycles. The number of hydrogen-bond acceptors (Lipinski definition) is 1. The summed E-state index contributed by atoms with van der Waals surface area (Å²) in [6.07, 6.45) is -12.5. The van der Waals surface area contributed by atoms with Crippen molar-refractivity contribution in [3.8, 4) is 0 Å². The Morgan fingerprint density at radius 1 is 0.833 bits per heavy atom. The average Bonchev–Trinajstić information content (AvgIpc) is 2.17. The molecule has 0 aromatic heterocycles. The van der Waals surface area contributed by atoms with E-state index in [-0.39, 0.29) is 12.1 Å². The summed E-state index contributed by atoms with van der Waals surface area (Å²) in [6.45, 7) is 0. The van der Waals surface area contributed by atoms with Gasteiger partial charge >= 0.3 is 18.0 Å². The first-order chi connectivity index (χ1) is 7.91. The molecule has 0 fully saturated rings. The summed E-state index contributed by atoms with van der Waals surface area (Å²) in [4.78, 5) is 0. The summed E-state index contributed by atoms with van der Waals surface area (Å²) in [5.74, 6) is -1.57. The van der Waals surface area contributed by atoms with Crippen LogP contribution in [0.5, 0.6) is 0 Å². The molecule has 0 radical (unpaired) electrons. The van der Waals surface area contributed by atoms with E-state index in [1.165, 1.54) is 0 Å². The van der Waals surface area contributed by atoms with E-state index in [4.69, 9.17) is 5.73 Å². The van der Waals surface area contributed by atoms with E-state index in [1.54, 1.807) is 0 Å². The predicted octanol–water partition coefficient (Wildman–Crippen LogP) is 3.70. The summed E-state index contributed by atoms with van der Waals surface area (Å²) in [5.41, 5.74) is -3.35. The second-order valence-corrected chi connectivity index (χ2v) is 3.39. The molecule has 1 rings (SSSR count).